The number of hydrogen-bond acceptors (Lipinski definition) is 4. The third kappa shape index (κ3) is 4.14. The molecule has 0 unspecified atom stereocenters. The summed E-state index contributed by atoms with van der Waals surface area (Å²) in [4.78, 5) is 28.6. The number of aryl methyl sites for hydroxylation is 1. The summed E-state index contributed by atoms with van der Waals surface area (Å²) in [6.07, 6.45) is 0. The number of rotatable bonds is 5. The summed E-state index contributed by atoms with van der Waals surface area (Å²) in [6, 6.07) is 14.0. The molecule has 1 aliphatic rings. The van der Waals surface area contributed by atoms with Crippen LogP contribution < -0.4 is 14.8 Å². The van der Waals surface area contributed by atoms with Crippen LogP contribution in [0.15, 0.2) is 59.1 Å². The third-order valence-electron chi connectivity index (χ3n) is 6.13. The molecule has 0 aliphatic carbocycles. The van der Waals surface area contributed by atoms with Gasteiger partial charge in [-0.1, -0.05) is 34.1 Å². The molecule has 176 valence electrons. The van der Waals surface area contributed by atoms with Crippen molar-refractivity contribution in [3.8, 4) is 11.5 Å². The first-order chi connectivity index (χ1) is 16.3. The maximum Gasteiger partial charge on any atom is 0.254 e. The number of likely N-dealkylation sites (N-methyl/N-ethyl adjacent to an activating group) is 1. The number of hydrogen-bond donors (Lipinski definition) is 1. The second kappa shape index (κ2) is 9.46. The van der Waals surface area contributed by atoms with Gasteiger partial charge in [0.25, 0.3) is 5.91 Å². The molecule has 0 aromatic heterocycles. The van der Waals surface area contributed by atoms with E-state index in [1.807, 2.05) is 19.1 Å². The Labute approximate surface area is 205 Å². The normalized spacial score (nSPS) is 17.2. The van der Waals surface area contributed by atoms with Crippen LogP contribution in [0, 0.1) is 12.7 Å². The van der Waals surface area contributed by atoms with Gasteiger partial charge < -0.3 is 19.7 Å². The number of ether oxygens (including phenoxy) is 2. The average molecular weight is 527 g/mol. The van der Waals surface area contributed by atoms with E-state index in [0.717, 1.165) is 10.0 Å². The number of amides is 2. The first kappa shape index (κ1) is 23.8. The summed E-state index contributed by atoms with van der Waals surface area (Å²) in [6.45, 7) is 1.88. The largest absolute Gasteiger partial charge is 0.493 e. The number of nitrogens with zero attached hydrogens (tertiary/aromatic N) is 1. The van der Waals surface area contributed by atoms with Gasteiger partial charge in [-0.05, 0) is 54.4 Å². The average Bonchev–Trinajstić information content (AvgIpc) is 2.82. The zero-order chi connectivity index (χ0) is 24.6. The molecule has 8 heteroatoms. The lowest BCUT2D eigenvalue weighted by molar-refractivity contribution is -0.119. The van der Waals surface area contributed by atoms with E-state index in [-0.39, 0.29) is 17.4 Å². The summed E-state index contributed by atoms with van der Waals surface area (Å²) in [5.74, 6) is -1.36. The van der Waals surface area contributed by atoms with E-state index >= 15 is 0 Å². The molecule has 1 N–H and O–H groups in total. The van der Waals surface area contributed by atoms with Crippen molar-refractivity contribution in [1.29, 1.82) is 0 Å². The number of fused-ring (bicyclic) bond motifs is 1. The minimum absolute atomic E-state index is 0.256. The SMILES string of the molecule is COc1cc2c(cc1OC)[C@@H](C(=O)Nc1ccc(Br)cc1C)[C@H](c1ccccc1F)N(C)C2=O. The first-order valence-electron chi connectivity index (χ1n) is 10.6. The van der Waals surface area contributed by atoms with Gasteiger partial charge >= 0.3 is 0 Å². The van der Waals surface area contributed by atoms with Gasteiger partial charge in [0.1, 0.15) is 5.82 Å². The van der Waals surface area contributed by atoms with E-state index in [1.165, 1.54) is 25.2 Å². The van der Waals surface area contributed by atoms with Crippen molar-refractivity contribution in [2.75, 3.05) is 26.6 Å². The molecule has 0 saturated heterocycles. The number of anilines is 1. The molecule has 0 spiro atoms. The second-order valence-corrected chi connectivity index (χ2v) is 9.02. The van der Waals surface area contributed by atoms with Gasteiger partial charge in [-0.3, -0.25) is 9.59 Å². The van der Waals surface area contributed by atoms with E-state index in [1.54, 1.807) is 43.4 Å². The highest BCUT2D eigenvalue weighted by atomic mass is 79.9. The van der Waals surface area contributed by atoms with Crippen molar-refractivity contribution in [2.24, 2.45) is 0 Å². The number of carbonyl (C=O) groups excluding carboxylic acids is 2. The summed E-state index contributed by atoms with van der Waals surface area (Å²) in [5, 5.41) is 2.98. The van der Waals surface area contributed by atoms with Gasteiger partial charge in [0.15, 0.2) is 11.5 Å². The van der Waals surface area contributed by atoms with Gasteiger partial charge in [-0.15, -0.1) is 0 Å². The van der Waals surface area contributed by atoms with E-state index in [9.17, 15) is 14.0 Å². The van der Waals surface area contributed by atoms with Gasteiger partial charge in [-0.25, -0.2) is 4.39 Å². The Morgan fingerprint density at radius 3 is 2.35 bits per heavy atom. The Morgan fingerprint density at radius 2 is 1.71 bits per heavy atom. The molecular weight excluding hydrogens is 503 g/mol. The fourth-order valence-corrected chi connectivity index (χ4v) is 4.89. The van der Waals surface area contributed by atoms with Crippen LogP contribution in [-0.4, -0.2) is 38.0 Å². The Morgan fingerprint density at radius 1 is 1.03 bits per heavy atom. The van der Waals surface area contributed by atoms with Crippen molar-refractivity contribution in [3.05, 3.63) is 87.1 Å². The summed E-state index contributed by atoms with van der Waals surface area (Å²) >= 11 is 3.43. The van der Waals surface area contributed by atoms with Crippen LogP contribution in [-0.2, 0) is 4.79 Å². The lowest BCUT2D eigenvalue weighted by Crippen LogP contribution is -2.44. The van der Waals surface area contributed by atoms with E-state index in [4.69, 9.17) is 9.47 Å². The fraction of sp³-hybridized carbons (Fsp3) is 0.231. The molecule has 0 fully saturated rings. The molecule has 0 saturated carbocycles. The summed E-state index contributed by atoms with van der Waals surface area (Å²) in [5.41, 5.74) is 2.49. The predicted molar refractivity (Wildman–Crippen MR) is 131 cm³/mol. The van der Waals surface area contributed by atoms with Crippen LogP contribution in [0.25, 0.3) is 0 Å². The zero-order valence-corrected chi connectivity index (χ0v) is 20.8. The van der Waals surface area contributed by atoms with Crippen molar-refractivity contribution < 1.29 is 23.5 Å². The maximum absolute atomic E-state index is 15.0. The highest BCUT2D eigenvalue weighted by molar-refractivity contribution is 9.10. The van der Waals surface area contributed by atoms with Crippen LogP contribution in [0.4, 0.5) is 10.1 Å². The van der Waals surface area contributed by atoms with Gasteiger partial charge in [0.05, 0.1) is 26.2 Å². The number of halogens is 2. The van der Waals surface area contributed by atoms with Crippen LogP contribution in [0.3, 0.4) is 0 Å². The quantitative estimate of drug-likeness (QED) is 0.479. The molecule has 2 amide bonds. The predicted octanol–water partition coefficient (Wildman–Crippen LogP) is 5.46. The monoisotopic (exact) mass is 526 g/mol. The minimum atomic E-state index is -0.905. The van der Waals surface area contributed by atoms with Gasteiger partial charge in [-0.2, -0.15) is 0 Å². The van der Waals surface area contributed by atoms with Gasteiger partial charge in [0.2, 0.25) is 5.91 Å². The number of methoxy groups -OCH3 is 2. The lowest BCUT2D eigenvalue weighted by atomic mass is 9.79. The highest BCUT2D eigenvalue weighted by Crippen LogP contribution is 2.46. The number of benzene rings is 3. The standard InChI is InChI=1S/C26H24BrFN2O4/c1-14-11-15(27)9-10-20(14)29-25(31)23-17-12-21(33-3)22(34-4)13-18(17)26(32)30(2)24(23)16-7-5-6-8-19(16)28/h5-13,23-24H,1-4H3,(H,29,31)/t23-,24+/m1/s1. The molecular formula is C26H24BrFN2O4. The molecule has 0 bridgehead atoms. The van der Waals surface area contributed by atoms with Crippen LogP contribution in [0.2, 0.25) is 0 Å². The fourth-order valence-electron chi connectivity index (χ4n) is 4.41. The third-order valence-corrected chi connectivity index (χ3v) is 6.62. The topological polar surface area (TPSA) is 67.9 Å². The first-order valence-corrected chi connectivity index (χ1v) is 11.4. The molecule has 1 heterocycles. The molecule has 4 rings (SSSR count). The molecule has 3 aromatic rings. The lowest BCUT2D eigenvalue weighted by Gasteiger charge is -2.40. The molecule has 2 atom stereocenters. The Hall–Kier alpha value is -3.39. The minimum Gasteiger partial charge on any atom is -0.493 e. The number of nitrogens with one attached hydrogen (secondary N) is 1. The van der Waals surface area contributed by atoms with Crippen molar-refractivity contribution in [3.63, 3.8) is 0 Å². The second-order valence-electron chi connectivity index (χ2n) is 8.10. The van der Waals surface area contributed by atoms with Crippen LogP contribution >= 0.6 is 15.9 Å². The maximum atomic E-state index is 15.0. The summed E-state index contributed by atoms with van der Waals surface area (Å²) in [7, 11) is 4.53. The van der Waals surface area contributed by atoms with Crippen molar-refractivity contribution >= 4 is 33.4 Å². The molecule has 34 heavy (non-hydrogen) atoms. The van der Waals surface area contributed by atoms with E-state index in [2.05, 4.69) is 21.2 Å². The Bertz CT molecular complexity index is 1280. The molecule has 1 aliphatic heterocycles. The summed E-state index contributed by atoms with van der Waals surface area (Å²) < 4.78 is 26.7. The van der Waals surface area contributed by atoms with Crippen molar-refractivity contribution in [2.45, 2.75) is 18.9 Å². The Kier molecular flexibility index (Phi) is 6.61. The van der Waals surface area contributed by atoms with E-state index in [0.29, 0.717) is 28.3 Å². The highest BCUT2D eigenvalue weighted by Gasteiger charge is 2.44. The van der Waals surface area contributed by atoms with E-state index < -0.39 is 17.8 Å². The van der Waals surface area contributed by atoms with Gasteiger partial charge in [0, 0.05) is 28.3 Å². The zero-order valence-electron chi connectivity index (χ0n) is 19.2. The molecule has 6 nitrogen and oxygen atoms in total. The number of carbonyl (C=O) groups is 2. The van der Waals surface area contributed by atoms with Crippen molar-refractivity contribution in [1.82, 2.24) is 4.90 Å². The molecule has 0 radical (unpaired) electrons. The van der Waals surface area contributed by atoms with Crippen LogP contribution in [0.1, 0.15) is 39.0 Å². The smallest absolute Gasteiger partial charge is 0.254 e. The Balaban J connectivity index is 1.91. The van der Waals surface area contributed by atoms with Crippen LogP contribution in [0.5, 0.6) is 11.5 Å². The molecule has 3 aromatic carbocycles.